The molecule has 0 atom stereocenters. The number of hydrogen-bond acceptors (Lipinski definition) is 6. The largest absolute Gasteiger partial charge is 0.480 e. The van der Waals surface area contributed by atoms with Crippen LogP contribution in [0, 0.1) is 0 Å². The lowest BCUT2D eigenvalue weighted by molar-refractivity contribution is 0.240. The van der Waals surface area contributed by atoms with Gasteiger partial charge in [0, 0.05) is 24.8 Å². The Hall–Kier alpha value is -2.64. The van der Waals surface area contributed by atoms with Gasteiger partial charge in [-0.2, -0.15) is 14.8 Å². The molecule has 0 spiro atoms. The lowest BCUT2D eigenvalue weighted by atomic mass is 10.3. The van der Waals surface area contributed by atoms with Crippen LogP contribution < -0.4 is 15.4 Å². The van der Waals surface area contributed by atoms with E-state index in [-0.39, 0.29) is 6.03 Å². The van der Waals surface area contributed by atoms with Crippen molar-refractivity contribution in [1.29, 1.82) is 0 Å². The van der Waals surface area contributed by atoms with E-state index in [0.29, 0.717) is 24.8 Å². The summed E-state index contributed by atoms with van der Waals surface area (Å²) in [4.78, 5) is 19.7. The van der Waals surface area contributed by atoms with E-state index in [1.54, 1.807) is 18.6 Å². The zero-order valence-corrected chi connectivity index (χ0v) is 11.3. The first-order chi connectivity index (χ1) is 9.72. The number of nitrogens with one attached hydrogen (secondary N) is 2. The van der Waals surface area contributed by atoms with E-state index < -0.39 is 0 Å². The topological polar surface area (TPSA) is 94.0 Å². The molecule has 2 N–H and O–H groups in total. The molecule has 0 aromatic carbocycles. The maximum Gasteiger partial charge on any atom is 0.342 e. The Bertz CT molecular complexity index is 583. The minimum atomic E-state index is -0.250. The van der Waals surface area contributed by atoms with Gasteiger partial charge in [-0.25, -0.2) is 4.79 Å². The molecule has 0 fully saturated rings. The van der Waals surface area contributed by atoms with Crippen molar-refractivity contribution >= 4 is 11.8 Å². The molecule has 0 unspecified atom stereocenters. The van der Waals surface area contributed by atoms with Crippen molar-refractivity contribution in [3.05, 3.63) is 30.4 Å². The second-order valence-electron chi connectivity index (χ2n) is 3.93. The number of hydrogen-bond donors (Lipinski definition) is 2. The lowest BCUT2D eigenvalue weighted by Crippen LogP contribution is -2.28. The molecule has 2 rings (SSSR count). The molecule has 0 aliphatic heterocycles. The summed E-state index contributed by atoms with van der Waals surface area (Å²) in [6.07, 6.45) is 6.40. The molecule has 0 bridgehead atoms. The number of anilines is 1. The monoisotopic (exact) mass is 276 g/mol. The molecule has 2 aromatic heterocycles. The molecule has 0 aliphatic carbocycles. The number of nitrogens with zero attached hydrogens (tertiary/aromatic N) is 4. The molecule has 2 heterocycles. The molecule has 8 nitrogen and oxygen atoms in total. The fraction of sp³-hybridized carbons (Fsp3) is 0.333. The second-order valence-corrected chi connectivity index (χ2v) is 3.93. The average molecular weight is 276 g/mol. The Labute approximate surface area is 116 Å². The van der Waals surface area contributed by atoms with Crippen molar-refractivity contribution in [2.45, 2.75) is 13.5 Å². The zero-order valence-electron chi connectivity index (χ0n) is 11.3. The van der Waals surface area contributed by atoms with Crippen molar-refractivity contribution in [3.8, 4) is 5.88 Å². The van der Waals surface area contributed by atoms with E-state index in [1.165, 1.54) is 18.0 Å². The number of methoxy groups -OCH3 is 1. The third kappa shape index (κ3) is 3.44. The molecular weight excluding hydrogens is 260 g/mol. The van der Waals surface area contributed by atoms with E-state index in [0.717, 1.165) is 5.56 Å². The van der Waals surface area contributed by atoms with Gasteiger partial charge in [0.2, 0.25) is 5.88 Å². The number of rotatable bonds is 5. The quantitative estimate of drug-likeness (QED) is 0.841. The van der Waals surface area contributed by atoms with E-state index in [9.17, 15) is 4.79 Å². The van der Waals surface area contributed by atoms with Crippen LogP contribution in [0.15, 0.2) is 24.8 Å². The Morgan fingerprint density at radius 3 is 3.00 bits per heavy atom. The minimum Gasteiger partial charge on any atom is -0.480 e. The van der Waals surface area contributed by atoms with Gasteiger partial charge < -0.3 is 15.4 Å². The maximum absolute atomic E-state index is 11.5. The highest BCUT2D eigenvalue weighted by atomic mass is 16.5. The van der Waals surface area contributed by atoms with Crippen LogP contribution in [0.3, 0.4) is 0 Å². The molecule has 20 heavy (non-hydrogen) atoms. The third-order valence-corrected chi connectivity index (χ3v) is 2.47. The molecule has 106 valence electrons. The molecule has 0 aliphatic rings. The zero-order chi connectivity index (χ0) is 14.4. The first kappa shape index (κ1) is 13.8. The van der Waals surface area contributed by atoms with Gasteiger partial charge in [0.05, 0.1) is 25.7 Å². The summed E-state index contributed by atoms with van der Waals surface area (Å²) in [5.41, 5.74) is 0.862. The highest BCUT2D eigenvalue weighted by Gasteiger charge is 2.06. The standard InChI is InChI=1S/C12H16N6O2/c1-3-14-12(19)18-8-9(5-16-18)4-15-10-6-13-7-11(17-10)20-2/h5-8H,3-4H2,1-2H3,(H,14,19)(H,15,17). The Balaban J connectivity index is 1.95. The third-order valence-electron chi connectivity index (χ3n) is 2.47. The van der Waals surface area contributed by atoms with Crippen LogP contribution in [0.1, 0.15) is 12.5 Å². The van der Waals surface area contributed by atoms with E-state index in [4.69, 9.17) is 4.74 Å². The Kier molecular flexibility index (Phi) is 4.48. The van der Waals surface area contributed by atoms with Gasteiger partial charge >= 0.3 is 6.03 Å². The molecule has 2 aromatic rings. The summed E-state index contributed by atoms with van der Waals surface area (Å²) < 4.78 is 6.25. The van der Waals surface area contributed by atoms with E-state index >= 15 is 0 Å². The molecule has 1 amide bonds. The number of carbonyl (C=O) groups is 1. The van der Waals surface area contributed by atoms with Crippen LogP contribution in [0.5, 0.6) is 5.88 Å². The van der Waals surface area contributed by atoms with Crippen molar-refractivity contribution < 1.29 is 9.53 Å². The van der Waals surface area contributed by atoms with Gasteiger partial charge in [0.25, 0.3) is 0 Å². The number of amides is 1. The number of ether oxygens (including phenoxy) is 1. The van der Waals surface area contributed by atoms with Crippen LogP contribution in [-0.4, -0.2) is 39.4 Å². The van der Waals surface area contributed by atoms with Crippen molar-refractivity contribution in [2.75, 3.05) is 19.0 Å². The van der Waals surface area contributed by atoms with Gasteiger partial charge in [0.15, 0.2) is 0 Å². The van der Waals surface area contributed by atoms with Crippen LogP contribution in [0.4, 0.5) is 10.6 Å². The number of carbonyl (C=O) groups excluding carboxylic acids is 1. The highest BCUT2D eigenvalue weighted by molar-refractivity contribution is 5.75. The fourth-order valence-corrected chi connectivity index (χ4v) is 1.52. The Morgan fingerprint density at radius 2 is 2.25 bits per heavy atom. The van der Waals surface area contributed by atoms with Gasteiger partial charge in [-0.05, 0) is 6.92 Å². The van der Waals surface area contributed by atoms with Gasteiger partial charge in [-0.3, -0.25) is 4.98 Å². The normalized spacial score (nSPS) is 10.1. The van der Waals surface area contributed by atoms with Crippen LogP contribution in [0.25, 0.3) is 0 Å². The van der Waals surface area contributed by atoms with Crippen LogP contribution in [0.2, 0.25) is 0 Å². The molecule has 0 saturated carbocycles. The highest BCUT2D eigenvalue weighted by Crippen LogP contribution is 2.09. The van der Waals surface area contributed by atoms with Gasteiger partial charge in [-0.15, -0.1) is 0 Å². The van der Waals surface area contributed by atoms with E-state index in [1.807, 2.05) is 6.92 Å². The summed E-state index contributed by atoms with van der Waals surface area (Å²) in [6.45, 7) is 2.90. The van der Waals surface area contributed by atoms with Crippen LogP contribution in [-0.2, 0) is 6.54 Å². The number of aromatic nitrogens is 4. The van der Waals surface area contributed by atoms with Crippen molar-refractivity contribution in [3.63, 3.8) is 0 Å². The second kappa shape index (κ2) is 6.50. The van der Waals surface area contributed by atoms with Gasteiger partial charge in [-0.1, -0.05) is 0 Å². The molecule has 0 saturated heterocycles. The predicted molar refractivity (Wildman–Crippen MR) is 72.6 cm³/mol. The summed E-state index contributed by atoms with van der Waals surface area (Å²) in [5, 5.41) is 9.73. The minimum absolute atomic E-state index is 0.250. The average Bonchev–Trinajstić information content (AvgIpc) is 2.94. The van der Waals surface area contributed by atoms with Crippen molar-refractivity contribution in [1.82, 2.24) is 25.1 Å². The van der Waals surface area contributed by atoms with Gasteiger partial charge in [0.1, 0.15) is 5.82 Å². The predicted octanol–water partition coefficient (Wildman–Crippen LogP) is 0.871. The molecule has 0 radical (unpaired) electrons. The fourth-order valence-electron chi connectivity index (χ4n) is 1.52. The van der Waals surface area contributed by atoms with E-state index in [2.05, 4.69) is 25.7 Å². The molecule has 8 heteroatoms. The smallest absolute Gasteiger partial charge is 0.342 e. The Morgan fingerprint density at radius 1 is 1.40 bits per heavy atom. The maximum atomic E-state index is 11.5. The van der Waals surface area contributed by atoms with Crippen molar-refractivity contribution in [2.24, 2.45) is 0 Å². The summed E-state index contributed by atoms with van der Waals surface area (Å²) >= 11 is 0. The SMILES string of the molecule is CCNC(=O)n1cc(CNc2cncc(OC)n2)cn1. The first-order valence-corrected chi connectivity index (χ1v) is 6.14. The lowest BCUT2D eigenvalue weighted by Gasteiger charge is -2.04. The summed E-state index contributed by atoms with van der Waals surface area (Å²) in [5.74, 6) is 1.03. The van der Waals surface area contributed by atoms with Crippen LogP contribution >= 0.6 is 0 Å². The molecular formula is C12H16N6O2. The summed E-state index contributed by atoms with van der Waals surface area (Å²) in [6, 6.07) is -0.250. The summed E-state index contributed by atoms with van der Waals surface area (Å²) in [7, 11) is 1.53. The first-order valence-electron chi connectivity index (χ1n) is 6.14.